The average Bonchev–Trinajstić information content (AvgIpc) is 3.22. The van der Waals surface area contributed by atoms with E-state index in [0.29, 0.717) is 36.1 Å². The largest absolute Gasteiger partial charge is 0.473 e. The van der Waals surface area contributed by atoms with Crippen LogP contribution in [0.2, 0.25) is 5.02 Å². The first-order valence-corrected chi connectivity index (χ1v) is 13.9. The number of aliphatic carboxylic acids is 2. The van der Waals surface area contributed by atoms with E-state index in [1.165, 1.54) is 27.4 Å². The van der Waals surface area contributed by atoms with Crippen molar-refractivity contribution in [3.05, 3.63) is 77.3 Å². The first-order valence-electron chi connectivity index (χ1n) is 12.1. The molecular weight excluding hydrogens is 530 g/mol. The number of fused-ring (bicyclic) bond motifs is 3. The first kappa shape index (κ1) is 27.6. The molecule has 0 unspecified atom stereocenters. The van der Waals surface area contributed by atoms with Crippen molar-refractivity contribution in [3.8, 4) is 0 Å². The molecule has 0 aliphatic carbocycles. The average molecular weight is 558 g/mol. The SMILES string of the molecule is CCn1c2ccccc2c2cc(CN3CCN(S(=O)(=O)c4ccc(Cl)cc4)CC3)ccc21.O=C(O)C(=O)O. The van der Waals surface area contributed by atoms with Crippen LogP contribution < -0.4 is 0 Å². The molecule has 1 aromatic heterocycles. The number of rotatable bonds is 5. The Kier molecular flexibility index (Phi) is 8.37. The van der Waals surface area contributed by atoms with Crippen molar-refractivity contribution in [2.75, 3.05) is 26.2 Å². The van der Waals surface area contributed by atoms with Crippen LogP contribution in [0.5, 0.6) is 0 Å². The monoisotopic (exact) mass is 557 g/mol. The van der Waals surface area contributed by atoms with E-state index in [0.717, 1.165) is 13.1 Å². The van der Waals surface area contributed by atoms with Crippen LogP contribution in [0.15, 0.2) is 71.6 Å². The number of carboxylic acid groups (broad SMARTS) is 2. The number of benzene rings is 3. The van der Waals surface area contributed by atoms with Gasteiger partial charge in [-0.1, -0.05) is 35.9 Å². The molecule has 1 saturated heterocycles. The zero-order valence-corrected chi connectivity index (χ0v) is 22.3. The summed E-state index contributed by atoms with van der Waals surface area (Å²) in [7, 11) is -3.48. The molecule has 2 heterocycles. The summed E-state index contributed by atoms with van der Waals surface area (Å²) >= 11 is 5.91. The number of piperazine rings is 1. The summed E-state index contributed by atoms with van der Waals surface area (Å²) in [5.74, 6) is -3.65. The molecule has 11 heteroatoms. The van der Waals surface area contributed by atoms with E-state index < -0.39 is 22.0 Å². The van der Waals surface area contributed by atoms with E-state index in [-0.39, 0.29) is 0 Å². The number of carboxylic acids is 2. The number of halogens is 1. The highest BCUT2D eigenvalue weighted by Gasteiger charge is 2.28. The highest BCUT2D eigenvalue weighted by Crippen LogP contribution is 2.30. The van der Waals surface area contributed by atoms with Gasteiger partial charge in [0, 0.05) is 66.1 Å². The maximum absolute atomic E-state index is 12.9. The zero-order chi connectivity index (χ0) is 27.4. The number of carbonyl (C=O) groups is 2. The van der Waals surface area contributed by atoms with Gasteiger partial charge in [-0.15, -0.1) is 0 Å². The summed E-state index contributed by atoms with van der Waals surface area (Å²) in [6.07, 6.45) is 0. The van der Waals surface area contributed by atoms with E-state index >= 15 is 0 Å². The van der Waals surface area contributed by atoms with Crippen LogP contribution in [0.25, 0.3) is 21.8 Å². The van der Waals surface area contributed by atoms with E-state index in [1.54, 1.807) is 28.6 Å². The van der Waals surface area contributed by atoms with Crippen molar-refractivity contribution in [1.82, 2.24) is 13.8 Å². The molecule has 1 fully saturated rings. The molecule has 0 bridgehead atoms. The summed E-state index contributed by atoms with van der Waals surface area (Å²) in [6, 6.07) is 21.7. The van der Waals surface area contributed by atoms with Crippen molar-refractivity contribution in [2.45, 2.75) is 24.9 Å². The third-order valence-corrected chi connectivity index (χ3v) is 8.69. The fourth-order valence-electron chi connectivity index (χ4n) is 4.68. The molecule has 2 N–H and O–H groups in total. The quantitative estimate of drug-likeness (QED) is 0.354. The van der Waals surface area contributed by atoms with Crippen LogP contribution in [-0.4, -0.2) is 70.5 Å². The lowest BCUT2D eigenvalue weighted by Crippen LogP contribution is -2.48. The number of aryl methyl sites for hydroxylation is 1. The van der Waals surface area contributed by atoms with Gasteiger partial charge in [-0.25, -0.2) is 18.0 Å². The van der Waals surface area contributed by atoms with E-state index in [1.807, 2.05) is 0 Å². The number of hydrogen-bond acceptors (Lipinski definition) is 5. The summed E-state index contributed by atoms with van der Waals surface area (Å²) < 4.78 is 29.8. The second kappa shape index (κ2) is 11.5. The molecule has 38 heavy (non-hydrogen) atoms. The van der Waals surface area contributed by atoms with Crippen molar-refractivity contribution < 1.29 is 28.2 Å². The predicted octanol–water partition coefficient (Wildman–Crippen LogP) is 4.13. The lowest BCUT2D eigenvalue weighted by atomic mass is 10.1. The summed E-state index contributed by atoms with van der Waals surface area (Å²) in [5.41, 5.74) is 3.78. The topological polar surface area (TPSA) is 120 Å². The van der Waals surface area contributed by atoms with E-state index in [9.17, 15) is 8.42 Å². The summed E-state index contributed by atoms with van der Waals surface area (Å²) in [4.78, 5) is 20.8. The van der Waals surface area contributed by atoms with E-state index in [2.05, 4.69) is 58.9 Å². The molecule has 5 rings (SSSR count). The molecule has 200 valence electrons. The summed E-state index contributed by atoms with van der Waals surface area (Å²) in [6.45, 7) is 6.33. The number of nitrogens with zero attached hydrogens (tertiary/aromatic N) is 3. The van der Waals surface area contributed by atoms with Crippen LogP contribution in [0.1, 0.15) is 12.5 Å². The maximum Gasteiger partial charge on any atom is 0.414 e. The molecule has 0 atom stereocenters. The number of aromatic nitrogens is 1. The number of para-hydroxylation sites is 1. The number of hydrogen-bond donors (Lipinski definition) is 2. The van der Waals surface area contributed by atoms with Crippen LogP contribution in [0, 0.1) is 0 Å². The van der Waals surface area contributed by atoms with Gasteiger partial charge >= 0.3 is 11.9 Å². The second-order valence-corrected chi connectivity index (χ2v) is 11.2. The Balaban J connectivity index is 0.000000505. The van der Waals surface area contributed by atoms with Gasteiger partial charge in [0.05, 0.1) is 4.90 Å². The third-order valence-electron chi connectivity index (χ3n) is 6.52. The van der Waals surface area contributed by atoms with Crippen molar-refractivity contribution in [2.24, 2.45) is 0 Å². The van der Waals surface area contributed by atoms with Gasteiger partial charge < -0.3 is 14.8 Å². The van der Waals surface area contributed by atoms with Gasteiger partial charge in [0.25, 0.3) is 0 Å². The Morgan fingerprint density at radius 3 is 2.05 bits per heavy atom. The molecule has 0 spiro atoms. The van der Waals surface area contributed by atoms with Gasteiger partial charge in [-0.05, 0) is 55.0 Å². The van der Waals surface area contributed by atoms with Crippen molar-refractivity contribution in [1.29, 1.82) is 0 Å². The maximum atomic E-state index is 12.9. The minimum atomic E-state index is -3.48. The lowest BCUT2D eigenvalue weighted by Gasteiger charge is -2.34. The fourth-order valence-corrected chi connectivity index (χ4v) is 6.23. The van der Waals surface area contributed by atoms with Crippen LogP contribution >= 0.6 is 11.6 Å². The Morgan fingerprint density at radius 2 is 1.45 bits per heavy atom. The molecule has 0 radical (unpaired) electrons. The van der Waals surface area contributed by atoms with Crippen LogP contribution in [0.4, 0.5) is 0 Å². The van der Waals surface area contributed by atoms with Gasteiger partial charge in [0.15, 0.2) is 0 Å². The first-order chi connectivity index (χ1) is 18.1. The lowest BCUT2D eigenvalue weighted by molar-refractivity contribution is -0.159. The minimum absolute atomic E-state index is 0.299. The zero-order valence-electron chi connectivity index (χ0n) is 20.7. The Hall–Kier alpha value is -3.44. The molecule has 1 aliphatic heterocycles. The van der Waals surface area contributed by atoms with Gasteiger partial charge in [-0.2, -0.15) is 4.31 Å². The molecule has 3 aromatic carbocycles. The molecular formula is C27H28ClN3O6S. The Labute approximate surface area is 225 Å². The minimum Gasteiger partial charge on any atom is -0.473 e. The van der Waals surface area contributed by atoms with E-state index in [4.69, 9.17) is 31.4 Å². The van der Waals surface area contributed by atoms with Crippen molar-refractivity contribution in [3.63, 3.8) is 0 Å². The number of sulfonamides is 1. The van der Waals surface area contributed by atoms with Crippen LogP contribution in [-0.2, 0) is 32.7 Å². The standard InChI is InChI=1S/C25H26ClN3O2S.C2H2O4/c1-2-29-24-6-4-3-5-22(24)23-17-19(7-12-25(23)29)18-27-13-15-28(16-14-27)32(30,31)21-10-8-20(26)9-11-21;3-1(4)2(5)6/h3-12,17H,2,13-16,18H2,1H3;(H,3,4)(H,5,6). The molecule has 0 amide bonds. The summed E-state index contributed by atoms with van der Waals surface area (Å²) in [5, 5.41) is 17.9. The molecule has 9 nitrogen and oxygen atoms in total. The van der Waals surface area contributed by atoms with Gasteiger partial charge in [0.2, 0.25) is 10.0 Å². The van der Waals surface area contributed by atoms with Crippen LogP contribution in [0.3, 0.4) is 0 Å². The van der Waals surface area contributed by atoms with Crippen molar-refractivity contribution >= 4 is 55.4 Å². The highest BCUT2D eigenvalue weighted by molar-refractivity contribution is 7.89. The second-order valence-electron chi connectivity index (χ2n) is 8.86. The molecule has 1 aliphatic rings. The molecule has 0 saturated carbocycles. The third kappa shape index (κ3) is 5.83. The Bertz CT molecular complexity index is 1560. The van der Waals surface area contributed by atoms with Gasteiger partial charge in [0.1, 0.15) is 0 Å². The fraction of sp³-hybridized carbons (Fsp3) is 0.259. The predicted molar refractivity (Wildman–Crippen MR) is 146 cm³/mol. The molecule has 4 aromatic rings. The highest BCUT2D eigenvalue weighted by atomic mass is 35.5. The normalized spacial score (nSPS) is 14.8. The smallest absolute Gasteiger partial charge is 0.414 e. The van der Waals surface area contributed by atoms with Gasteiger partial charge in [-0.3, -0.25) is 4.90 Å². The Morgan fingerprint density at radius 1 is 0.842 bits per heavy atom.